The number of hydrogen-bond acceptors (Lipinski definition) is 3. The highest BCUT2D eigenvalue weighted by molar-refractivity contribution is 6.31. The number of halogens is 1. The third kappa shape index (κ3) is 3.54. The van der Waals surface area contributed by atoms with E-state index in [1.165, 1.54) is 0 Å². The summed E-state index contributed by atoms with van der Waals surface area (Å²) in [5, 5.41) is 10.0. The number of amides is 1. The largest absolute Gasteiger partial charge is 0.345 e. The molecule has 0 spiro atoms. The lowest BCUT2D eigenvalue weighted by molar-refractivity contribution is 0.0941. The number of H-pyrrole nitrogens is 1. The standard InChI is InChI=1S/C13H15ClN4O/c1-2-5-11-16-12(18-17-11)13(19)15-8-9-6-3-4-7-10(9)14/h3-4,6-7H,2,5,8H2,1H3,(H,15,19)(H,16,17,18). The molecule has 0 unspecified atom stereocenters. The molecule has 0 aliphatic carbocycles. The Labute approximate surface area is 116 Å². The van der Waals surface area contributed by atoms with Gasteiger partial charge in [-0.1, -0.05) is 36.7 Å². The van der Waals surface area contributed by atoms with E-state index in [4.69, 9.17) is 11.6 Å². The zero-order chi connectivity index (χ0) is 13.7. The van der Waals surface area contributed by atoms with E-state index in [9.17, 15) is 4.79 Å². The predicted octanol–water partition coefficient (Wildman–Crippen LogP) is 2.34. The highest BCUT2D eigenvalue weighted by Crippen LogP contribution is 2.14. The molecule has 2 aromatic rings. The van der Waals surface area contributed by atoms with Gasteiger partial charge in [-0.3, -0.25) is 9.89 Å². The second kappa shape index (κ2) is 6.33. The first kappa shape index (κ1) is 13.5. The Kier molecular flexibility index (Phi) is 4.52. The van der Waals surface area contributed by atoms with Gasteiger partial charge in [0.15, 0.2) is 0 Å². The van der Waals surface area contributed by atoms with Gasteiger partial charge in [-0.05, 0) is 18.1 Å². The SMILES string of the molecule is CCCc1nc(C(=O)NCc2ccccc2Cl)n[nH]1. The van der Waals surface area contributed by atoms with Crippen molar-refractivity contribution < 1.29 is 4.79 Å². The zero-order valence-corrected chi connectivity index (χ0v) is 11.4. The van der Waals surface area contributed by atoms with Crippen molar-refractivity contribution in [2.75, 3.05) is 0 Å². The highest BCUT2D eigenvalue weighted by atomic mass is 35.5. The number of carbonyl (C=O) groups is 1. The number of aromatic nitrogens is 3. The van der Waals surface area contributed by atoms with E-state index >= 15 is 0 Å². The third-order valence-corrected chi connectivity index (χ3v) is 2.99. The van der Waals surface area contributed by atoms with Gasteiger partial charge in [-0.15, -0.1) is 5.10 Å². The number of nitrogens with zero attached hydrogens (tertiary/aromatic N) is 2. The van der Waals surface area contributed by atoms with Crippen LogP contribution in [0.15, 0.2) is 24.3 Å². The summed E-state index contributed by atoms with van der Waals surface area (Å²) in [5.41, 5.74) is 0.863. The molecule has 1 amide bonds. The van der Waals surface area contributed by atoms with Crippen LogP contribution in [0, 0.1) is 0 Å². The van der Waals surface area contributed by atoms with Gasteiger partial charge in [0, 0.05) is 18.0 Å². The van der Waals surface area contributed by atoms with Crippen LogP contribution in [0.4, 0.5) is 0 Å². The molecule has 0 aliphatic rings. The van der Waals surface area contributed by atoms with E-state index in [1.54, 1.807) is 6.07 Å². The Hall–Kier alpha value is -1.88. The summed E-state index contributed by atoms with van der Waals surface area (Å²) in [5.74, 6) is 0.583. The first-order valence-electron chi connectivity index (χ1n) is 6.13. The van der Waals surface area contributed by atoms with E-state index in [-0.39, 0.29) is 11.7 Å². The van der Waals surface area contributed by atoms with Gasteiger partial charge in [-0.2, -0.15) is 0 Å². The molecule has 0 aliphatic heterocycles. The number of carbonyl (C=O) groups excluding carboxylic acids is 1. The minimum absolute atomic E-state index is 0.163. The van der Waals surface area contributed by atoms with Crippen LogP contribution in [0.1, 0.15) is 35.4 Å². The van der Waals surface area contributed by atoms with Crippen molar-refractivity contribution in [3.8, 4) is 0 Å². The van der Waals surface area contributed by atoms with Crippen LogP contribution in [0.5, 0.6) is 0 Å². The Balaban J connectivity index is 1.95. The molecule has 2 N–H and O–H groups in total. The lowest BCUT2D eigenvalue weighted by Gasteiger charge is -2.04. The molecule has 1 aromatic carbocycles. The molecule has 0 bridgehead atoms. The van der Waals surface area contributed by atoms with E-state index in [0.717, 1.165) is 24.2 Å². The highest BCUT2D eigenvalue weighted by Gasteiger charge is 2.12. The molecule has 0 atom stereocenters. The van der Waals surface area contributed by atoms with Gasteiger partial charge in [-0.25, -0.2) is 4.98 Å². The van der Waals surface area contributed by atoms with Gasteiger partial charge in [0.05, 0.1) is 0 Å². The average molecular weight is 279 g/mol. The molecular formula is C13H15ClN4O. The van der Waals surface area contributed by atoms with Crippen molar-refractivity contribution in [2.24, 2.45) is 0 Å². The molecule has 2 rings (SSSR count). The first-order valence-corrected chi connectivity index (χ1v) is 6.51. The summed E-state index contributed by atoms with van der Waals surface area (Å²) >= 11 is 6.01. The molecular weight excluding hydrogens is 264 g/mol. The van der Waals surface area contributed by atoms with Crippen molar-refractivity contribution >= 4 is 17.5 Å². The maximum Gasteiger partial charge on any atom is 0.291 e. The summed E-state index contributed by atoms with van der Waals surface area (Å²) in [7, 11) is 0. The smallest absolute Gasteiger partial charge is 0.291 e. The summed E-state index contributed by atoms with van der Waals surface area (Å²) in [6, 6.07) is 7.37. The second-order valence-electron chi connectivity index (χ2n) is 4.13. The molecule has 100 valence electrons. The molecule has 5 nitrogen and oxygen atoms in total. The van der Waals surface area contributed by atoms with Gasteiger partial charge in [0.1, 0.15) is 5.82 Å². The molecule has 1 aromatic heterocycles. The lowest BCUT2D eigenvalue weighted by atomic mass is 10.2. The van der Waals surface area contributed by atoms with Crippen molar-refractivity contribution in [2.45, 2.75) is 26.3 Å². The maximum atomic E-state index is 11.8. The van der Waals surface area contributed by atoms with Crippen molar-refractivity contribution in [3.63, 3.8) is 0 Å². The van der Waals surface area contributed by atoms with Crippen LogP contribution in [0.25, 0.3) is 0 Å². The Morgan fingerprint density at radius 2 is 2.21 bits per heavy atom. The summed E-state index contributed by atoms with van der Waals surface area (Å²) in [4.78, 5) is 16.0. The van der Waals surface area contributed by atoms with E-state index < -0.39 is 0 Å². The summed E-state index contributed by atoms with van der Waals surface area (Å²) in [6.45, 7) is 2.40. The molecule has 0 fully saturated rings. The van der Waals surface area contributed by atoms with E-state index in [0.29, 0.717) is 11.6 Å². The third-order valence-electron chi connectivity index (χ3n) is 2.62. The molecule has 0 radical (unpaired) electrons. The fraction of sp³-hybridized carbons (Fsp3) is 0.308. The summed E-state index contributed by atoms with van der Waals surface area (Å²) in [6.07, 6.45) is 1.74. The number of rotatable bonds is 5. The fourth-order valence-electron chi connectivity index (χ4n) is 1.64. The van der Waals surface area contributed by atoms with Crippen molar-refractivity contribution in [3.05, 3.63) is 46.5 Å². The molecule has 6 heteroatoms. The van der Waals surface area contributed by atoms with Crippen LogP contribution >= 0.6 is 11.6 Å². The van der Waals surface area contributed by atoms with Gasteiger partial charge < -0.3 is 5.32 Å². The minimum atomic E-state index is -0.307. The predicted molar refractivity (Wildman–Crippen MR) is 73.0 cm³/mol. The van der Waals surface area contributed by atoms with Crippen molar-refractivity contribution in [1.82, 2.24) is 20.5 Å². The van der Waals surface area contributed by atoms with Gasteiger partial charge >= 0.3 is 0 Å². The monoisotopic (exact) mass is 278 g/mol. The quantitative estimate of drug-likeness (QED) is 0.882. The van der Waals surface area contributed by atoms with E-state index in [1.807, 2.05) is 25.1 Å². The van der Waals surface area contributed by atoms with Gasteiger partial charge in [0.25, 0.3) is 5.91 Å². The second-order valence-corrected chi connectivity index (χ2v) is 4.54. The van der Waals surface area contributed by atoms with E-state index in [2.05, 4.69) is 20.5 Å². The topological polar surface area (TPSA) is 70.7 Å². The van der Waals surface area contributed by atoms with Gasteiger partial charge in [0.2, 0.25) is 5.82 Å². The number of hydrogen-bond donors (Lipinski definition) is 2. The van der Waals surface area contributed by atoms with Crippen LogP contribution < -0.4 is 5.32 Å². The van der Waals surface area contributed by atoms with Crippen LogP contribution in [-0.2, 0) is 13.0 Å². The zero-order valence-electron chi connectivity index (χ0n) is 10.6. The Morgan fingerprint density at radius 1 is 1.42 bits per heavy atom. The van der Waals surface area contributed by atoms with Crippen LogP contribution in [-0.4, -0.2) is 21.1 Å². The lowest BCUT2D eigenvalue weighted by Crippen LogP contribution is -2.24. The Bertz CT molecular complexity index is 567. The average Bonchev–Trinajstić information content (AvgIpc) is 2.87. The molecule has 0 saturated heterocycles. The van der Waals surface area contributed by atoms with Crippen LogP contribution in [0.3, 0.4) is 0 Å². The normalized spacial score (nSPS) is 10.4. The first-order chi connectivity index (χ1) is 9.20. The van der Waals surface area contributed by atoms with Crippen LogP contribution in [0.2, 0.25) is 5.02 Å². The molecule has 1 heterocycles. The van der Waals surface area contributed by atoms with Crippen molar-refractivity contribution in [1.29, 1.82) is 0 Å². The Morgan fingerprint density at radius 3 is 2.95 bits per heavy atom. The summed E-state index contributed by atoms with van der Waals surface area (Å²) < 4.78 is 0. The maximum absolute atomic E-state index is 11.8. The minimum Gasteiger partial charge on any atom is -0.345 e. The number of aromatic amines is 1. The fourth-order valence-corrected chi connectivity index (χ4v) is 1.84. The number of benzene rings is 1. The number of aryl methyl sites for hydroxylation is 1. The number of nitrogens with one attached hydrogen (secondary N) is 2. The molecule has 0 saturated carbocycles. The molecule has 19 heavy (non-hydrogen) atoms.